The fraction of sp³-hybridized carbons (Fsp3) is 1.00. The molecular weight excluding hydrogens is 198 g/mol. The Morgan fingerprint density at radius 3 is 2.38 bits per heavy atom. The lowest BCUT2D eigenvalue weighted by molar-refractivity contribution is 0.0526. The molecule has 2 nitrogen and oxygen atoms in total. The first-order chi connectivity index (χ1) is 7.58. The number of aliphatic hydroxyl groups is 1. The number of likely N-dealkylation sites (tertiary alicyclic amines) is 1. The standard InChI is InChI=1S/C14H29NO/c1-5-14(6-2,11-16)10-15-9-7-8-13(15)12(3)4/h12-13,16H,5-11H2,1-4H3. The van der Waals surface area contributed by atoms with Crippen LogP contribution in [0.3, 0.4) is 0 Å². The highest BCUT2D eigenvalue weighted by Gasteiger charge is 2.34. The molecule has 0 aromatic rings. The van der Waals surface area contributed by atoms with Gasteiger partial charge in [-0.1, -0.05) is 27.7 Å². The number of hydrogen-bond acceptors (Lipinski definition) is 2. The molecule has 1 fully saturated rings. The fourth-order valence-electron chi connectivity index (χ4n) is 2.98. The largest absolute Gasteiger partial charge is 0.396 e. The smallest absolute Gasteiger partial charge is 0.0499 e. The second-order valence-corrected chi connectivity index (χ2v) is 5.79. The zero-order chi connectivity index (χ0) is 12.2. The lowest BCUT2D eigenvalue weighted by Gasteiger charge is -2.38. The Kier molecular flexibility index (Phi) is 5.26. The summed E-state index contributed by atoms with van der Waals surface area (Å²) >= 11 is 0. The van der Waals surface area contributed by atoms with E-state index in [-0.39, 0.29) is 5.41 Å². The Morgan fingerprint density at radius 2 is 1.94 bits per heavy atom. The molecule has 1 N–H and O–H groups in total. The third kappa shape index (κ3) is 2.98. The highest BCUT2D eigenvalue weighted by molar-refractivity contribution is 4.87. The van der Waals surface area contributed by atoms with Gasteiger partial charge in [-0.2, -0.15) is 0 Å². The van der Waals surface area contributed by atoms with Gasteiger partial charge < -0.3 is 5.11 Å². The minimum Gasteiger partial charge on any atom is -0.396 e. The molecule has 16 heavy (non-hydrogen) atoms. The van der Waals surface area contributed by atoms with Crippen LogP contribution in [0, 0.1) is 11.3 Å². The average molecular weight is 227 g/mol. The summed E-state index contributed by atoms with van der Waals surface area (Å²) in [7, 11) is 0. The Bertz CT molecular complexity index is 191. The third-order valence-corrected chi connectivity index (χ3v) is 4.56. The first-order valence-corrected chi connectivity index (χ1v) is 6.93. The minimum absolute atomic E-state index is 0.136. The zero-order valence-corrected chi connectivity index (χ0v) is 11.5. The van der Waals surface area contributed by atoms with Crippen LogP contribution in [0.2, 0.25) is 0 Å². The van der Waals surface area contributed by atoms with Crippen molar-refractivity contribution in [1.82, 2.24) is 4.90 Å². The third-order valence-electron chi connectivity index (χ3n) is 4.56. The van der Waals surface area contributed by atoms with Gasteiger partial charge in [-0.3, -0.25) is 4.90 Å². The van der Waals surface area contributed by atoms with Gasteiger partial charge in [-0.05, 0) is 38.1 Å². The molecule has 96 valence electrons. The van der Waals surface area contributed by atoms with Gasteiger partial charge in [0.2, 0.25) is 0 Å². The van der Waals surface area contributed by atoms with E-state index in [0.29, 0.717) is 6.61 Å². The van der Waals surface area contributed by atoms with Gasteiger partial charge >= 0.3 is 0 Å². The van der Waals surface area contributed by atoms with Crippen LogP contribution in [0.25, 0.3) is 0 Å². The summed E-state index contributed by atoms with van der Waals surface area (Å²) in [4.78, 5) is 2.62. The van der Waals surface area contributed by atoms with Gasteiger partial charge in [0, 0.05) is 24.6 Å². The molecule has 1 aliphatic heterocycles. The van der Waals surface area contributed by atoms with Crippen molar-refractivity contribution in [2.75, 3.05) is 19.7 Å². The molecular formula is C14H29NO. The summed E-state index contributed by atoms with van der Waals surface area (Å²) in [5.41, 5.74) is 0.136. The lowest BCUT2D eigenvalue weighted by Crippen LogP contribution is -2.43. The number of hydrogen-bond donors (Lipinski definition) is 1. The molecule has 0 spiro atoms. The van der Waals surface area contributed by atoms with E-state index in [1.165, 1.54) is 19.4 Å². The molecule has 0 aliphatic carbocycles. The maximum Gasteiger partial charge on any atom is 0.0499 e. The quantitative estimate of drug-likeness (QED) is 0.754. The normalized spacial score (nSPS) is 23.2. The molecule has 1 unspecified atom stereocenters. The molecule has 1 saturated heterocycles. The van der Waals surface area contributed by atoms with E-state index in [2.05, 4.69) is 32.6 Å². The molecule has 2 heteroatoms. The van der Waals surface area contributed by atoms with E-state index >= 15 is 0 Å². The summed E-state index contributed by atoms with van der Waals surface area (Å²) in [6.45, 7) is 11.7. The van der Waals surface area contributed by atoms with E-state index in [4.69, 9.17) is 0 Å². The van der Waals surface area contributed by atoms with Crippen molar-refractivity contribution in [2.24, 2.45) is 11.3 Å². The van der Waals surface area contributed by atoms with Crippen molar-refractivity contribution in [2.45, 2.75) is 59.4 Å². The Morgan fingerprint density at radius 1 is 1.31 bits per heavy atom. The molecule has 0 saturated carbocycles. The van der Waals surface area contributed by atoms with Crippen molar-refractivity contribution >= 4 is 0 Å². The molecule has 0 radical (unpaired) electrons. The Balaban J connectivity index is 2.63. The topological polar surface area (TPSA) is 23.5 Å². The van der Waals surface area contributed by atoms with Crippen LogP contribution in [0.5, 0.6) is 0 Å². The van der Waals surface area contributed by atoms with E-state index < -0.39 is 0 Å². The molecule has 0 aromatic carbocycles. The number of rotatable bonds is 6. The SMILES string of the molecule is CCC(CC)(CO)CN1CCCC1C(C)C. The minimum atomic E-state index is 0.136. The van der Waals surface area contributed by atoms with Crippen molar-refractivity contribution < 1.29 is 5.11 Å². The van der Waals surface area contributed by atoms with Gasteiger partial charge in [-0.15, -0.1) is 0 Å². The fourth-order valence-corrected chi connectivity index (χ4v) is 2.98. The average Bonchev–Trinajstić information content (AvgIpc) is 2.74. The van der Waals surface area contributed by atoms with Crippen LogP contribution in [0.4, 0.5) is 0 Å². The van der Waals surface area contributed by atoms with E-state index in [1.807, 2.05) is 0 Å². The van der Waals surface area contributed by atoms with Crippen LogP contribution in [0.1, 0.15) is 53.4 Å². The van der Waals surface area contributed by atoms with Gasteiger partial charge in [0.15, 0.2) is 0 Å². The van der Waals surface area contributed by atoms with Gasteiger partial charge in [0.05, 0.1) is 0 Å². The van der Waals surface area contributed by atoms with Crippen molar-refractivity contribution in [3.8, 4) is 0 Å². The molecule has 1 aliphatic rings. The number of aliphatic hydroxyl groups excluding tert-OH is 1. The molecule has 1 heterocycles. The molecule has 1 rings (SSSR count). The van der Waals surface area contributed by atoms with Crippen LogP contribution in [-0.2, 0) is 0 Å². The first-order valence-electron chi connectivity index (χ1n) is 6.93. The first kappa shape index (κ1) is 14.0. The molecule has 1 atom stereocenters. The second kappa shape index (κ2) is 6.02. The summed E-state index contributed by atoms with van der Waals surface area (Å²) in [5.74, 6) is 0.743. The highest BCUT2D eigenvalue weighted by Crippen LogP contribution is 2.32. The Labute approximate surface area is 101 Å². The molecule has 0 bridgehead atoms. The van der Waals surface area contributed by atoms with E-state index in [9.17, 15) is 5.11 Å². The Hall–Kier alpha value is -0.0800. The molecule has 0 aromatic heterocycles. The van der Waals surface area contributed by atoms with Gasteiger partial charge in [0.25, 0.3) is 0 Å². The van der Waals surface area contributed by atoms with E-state index in [1.54, 1.807) is 0 Å². The second-order valence-electron chi connectivity index (χ2n) is 5.79. The maximum atomic E-state index is 9.64. The summed E-state index contributed by atoms with van der Waals surface area (Å²) < 4.78 is 0. The summed E-state index contributed by atoms with van der Waals surface area (Å²) in [6.07, 6.45) is 4.84. The van der Waals surface area contributed by atoms with Crippen LogP contribution < -0.4 is 0 Å². The van der Waals surface area contributed by atoms with Crippen molar-refractivity contribution in [1.29, 1.82) is 0 Å². The zero-order valence-electron chi connectivity index (χ0n) is 11.5. The van der Waals surface area contributed by atoms with Crippen molar-refractivity contribution in [3.05, 3.63) is 0 Å². The number of nitrogens with zero attached hydrogens (tertiary/aromatic N) is 1. The summed E-state index contributed by atoms with van der Waals surface area (Å²) in [6, 6.07) is 0.740. The predicted molar refractivity (Wildman–Crippen MR) is 69.5 cm³/mol. The van der Waals surface area contributed by atoms with Gasteiger partial charge in [0.1, 0.15) is 0 Å². The van der Waals surface area contributed by atoms with E-state index in [0.717, 1.165) is 31.3 Å². The van der Waals surface area contributed by atoms with Crippen LogP contribution in [-0.4, -0.2) is 35.7 Å². The van der Waals surface area contributed by atoms with Crippen molar-refractivity contribution in [3.63, 3.8) is 0 Å². The highest BCUT2D eigenvalue weighted by atomic mass is 16.3. The van der Waals surface area contributed by atoms with Crippen LogP contribution >= 0.6 is 0 Å². The maximum absolute atomic E-state index is 9.64. The van der Waals surface area contributed by atoms with Crippen LogP contribution in [0.15, 0.2) is 0 Å². The summed E-state index contributed by atoms with van der Waals surface area (Å²) in [5, 5.41) is 9.64. The monoisotopic (exact) mass is 227 g/mol. The molecule has 0 amide bonds. The predicted octanol–water partition coefficient (Wildman–Crippen LogP) is 2.91. The van der Waals surface area contributed by atoms with Gasteiger partial charge in [-0.25, -0.2) is 0 Å². The lowest BCUT2D eigenvalue weighted by atomic mass is 9.82.